The summed E-state index contributed by atoms with van der Waals surface area (Å²) in [4.78, 5) is 0. The second-order valence-electron chi connectivity index (χ2n) is 5.12. The zero-order valence-corrected chi connectivity index (χ0v) is 11.0. The van der Waals surface area contributed by atoms with Crippen molar-refractivity contribution in [3.8, 4) is 5.75 Å². The average molecular weight is 254 g/mol. The molecule has 19 heavy (non-hydrogen) atoms. The van der Waals surface area contributed by atoms with E-state index in [0.29, 0.717) is 12.5 Å². The predicted octanol–water partition coefficient (Wildman–Crippen LogP) is 3.46. The van der Waals surface area contributed by atoms with E-state index in [1.54, 1.807) is 6.92 Å². The van der Waals surface area contributed by atoms with Gasteiger partial charge in [0.05, 0.1) is 12.7 Å². The van der Waals surface area contributed by atoms with E-state index in [-0.39, 0.29) is 0 Å². The molecule has 1 aliphatic carbocycles. The van der Waals surface area contributed by atoms with Gasteiger partial charge in [0, 0.05) is 11.5 Å². The number of benzene rings is 2. The topological polar surface area (TPSA) is 29.5 Å². The van der Waals surface area contributed by atoms with E-state index in [0.717, 1.165) is 17.7 Å². The summed E-state index contributed by atoms with van der Waals surface area (Å²) in [7, 11) is 0. The summed E-state index contributed by atoms with van der Waals surface area (Å²) in [6.07, 6.45) is 0.595. The first-order valence-electron chi connectivity index (χ1n) is 6.73. The van der Waals surface area contributed by atoms with Gasteiger partial charge in [-0.1, -0.05) is 42.5 Å². The highest BCUT2D eigenvalue weighted by atomic mass is 16.5. The van der Waals surface area contributed by atoms with Gasteiger partial charge in [0.25, 0.3) is 0 Å². The van der Waals surface area contributed by atoms with E-state index in [1.807, 2.05) is 24.3 Å². The van der Waals surface area contributed by atoms with Gasteiger partial charge in [0.15, 0.2) is 0 Å². The molecule has 0 aliphatic heterocycles. The molecule has 2 heteroatoms. The van der Waals surface area contributed by atoms with Gasteiger partial charge in [-0.2, -0.15) is 0 Å². The molecule has 98 valence electrons. The molecule has 2 nitrogen and oxygen atoms in total. The van der Waals surface area contributed by atoms with E-state index < -0.39 is 6.10 Å². The molecular weight excluding hydrogens is 236 g/mol. The van der Waals surface area contributed by atoms with Crippen molar-refractivity contribution in [3.63, 3.8) is 0 Å². The number of aliphatic hydroxyl groups is 1. The molecule has 1 aliphatic rings. The van der Waals surface area contributed by atoms with Crippen LogP contribution in [-0.4, -0.2) is 11.7 Å². The number of rotatable bonds is 4. The molecule has 0 saturated heterocycles. The third-order valence-corrected chi connectivity index (χ3v) is 3.77. The minimum absolute atomic E-state index is 0.484. The third kappa shape index (κ3) is 2.36. The first kappa shape index (κ1) is 12.2. The number of ether oxygens (including phenoxy) is 1. The van der Waals surface area contributed by atoms with Gasteiger partial charge in [-0.25, -0.2) is 0 Å². The van der Waals surface area contributed by atoms with Crippen LogP contribution in [0.15, 0.2) is 48.5 Å². The molecule has 0 aromatic heterocycles. The normalized spacial score (nSPS) is 18.3. The summed E-state index contributed by atoms with van der Waals surface area (Å²) < 4.78 is 5.90. The summed E-state index contributed by atoms with van der Waals surface area (Å²) >= 11 is 0. The Morgan fingerprint density at radius 3 is 2.68 bits per heavy atom. The molecule has 0 fully saturated rings. The zero-order valence-electron chi connectivity index (χ0n) is 11.0. The Hall–Kier alpha value is -1.80. The molecule has 0 bridgehead atoms. The van der Waals surface area contributed by atoms with Crippen molar-refractivity contribution in [3.05, 3.63) is 65.2 Å². The zero-order chi connectivity index (χ0) is 13.2. The van der Waals surface area contributed by atoms with Crippen LogP contribution in [0.1, 0.15) is 35.6 Å². The second-order valence-corrected chi connectivity index (χ2v) is 5.12. The highest BCUT2D eigenvalue weighted by Gasteiger charge is 2.26. The summed E-state index contributed by atoms with van der Waals surface area (Å²) in [5.74, 6) is 1.28. The summed E-state index contributed by atoms with van der Waals surface area (Å²) in [5.41, 5.74) is 3.69. The van der Waals surface area contributed by atoms with Crippen LogP contribution in [0.2, 0.25) is 0 Å². The Labute approximate surface area is 113 Å². The first-order chi connectivity index (χ1) is 9.25. The number of para-hydroxylation sites is 1. The standard InChI is InChI=1S/C17H18O2/c1-12(18)15-7-4-5-9-17(15)19-11-14-10-13-6-2-3-8-16(13)14/h2-9,12,14,18H,10-11H2,1H3. The molecule has 0 radical (unpaired) electrons. The molecule has 0 amide bonds. The third-order valence-electron chi connectivity index (χ3n) is 3.77. The quantitative estimate of drug-likeness (QED) is 0.905. The fourth-order valence-corrected chi connectivity index (χ4v) is 2.66. The Bertz CT molecular complexity index is 575. The van der Waals surface area contributed by atoms with Crippen molar-refractivity contribution in [1.82, 2.24) is 0 Å². The Balaban J connectivity index is 1.69. The van der Waals surface area contributed by atoms with Gasteiger partial charge in [-0.3, -0.25) is 0 Å². The number of aliphatic hydroxyl groups excluding tert-OH is 1. The molecule has 2 atom stereocenters. The van der Waals surface area contributed by atoms with Crippen molar-refractivity contribution in [2.24, 2.45) is 0 Å². The fourth-order valence-electron chi connectivity index (χ4n) is 2.66. The molecule has 3 rings (SSSR count). The smallest absolute Gasteiger partial charge is 0.125 e. The monoisotopic (exact) mass is 254 g/mol. The lowest BCUT2D eigenvalue weighted by Gasteiger charge is -2.30. The highest BCUT2D eigenvalue weighted by molar-refractivity contribution is 5.40. The maximum absolute atomic E-state index is 9.72. The molecule has 0 saturated carbocycles. The summed E-state index contributed by atoms with van der Waals surface area (Å²) in [6.45, 7) is 2.45. The minimum atomic E-state index is -0.495. The minimum Gasteiger partial charge on any atom is -0.493 e. The van der Waals surface area contributed by atoms with Crippen molar-refractivity contribution < 1.29 is 9.84 Å². The number of hydrogen-bond donors (Lipinski definition) is 1. The fraction of sp³-hybridized carbons (Fsp3) is 0.294. The van der Waals surface area contributed by atoms with Crippen LogP contribution in [0.4, 0.5) is 0 Å². The Kier molecular flexibility index (Phi) is 3.26. The van der Waals surface area contributed by atoms with Crippen LogP contribution in [0, 0.1) is 0 Å². The van der Waals surface area contributed by atoms with Crippen LogP contribution in [-0.2, 0) is 6.42 Å². The van der Waals surface area contributed by atoms with E-state index in [2.05, 4.69) is 24.3 Å². The van der Waals surface area contributed by atoms with E-state index in [9.17, 15) is 5.11 Å². The second kappa shape index (κ2) is 5.06. The highest BCUT2D eigenvalue weighted by Crippen LogP contribution is 2.35. The molecule has 2 unspecified atom stereocenters. The van der Waals surface area contributed by atoms with Crippen LogP contribution in [0.5, 0.6) is 5.75 Å². The van der Waals surface area contributed by atoms with Gasteiger partial charge in [0.1, 0.15) is 5.75 Å². The van der Waals surface area contributed by atoms with Crippen molar-refractivity contribution >= 4 is 0 Å². The Morgan fingerprint density at radius 2 is 1.89 bits per heavy atom. The van der Waals surface area contributed by atoms with E-state index >= 15 is 0 Å². The molecule has 1 N–H and O–H groups in total. The van der Waals surface area contributed by atoms with Gasteiger partial charge in [0.2, 0.25) is 0 Å². The molecule has 0 heterocycles. The van der Waals surface area contributed by atoms with E-state index in [1.165, 1.54) is 11.1 Å². The van der Waals surface area contributed by atoms with Crippen LogP contribution in [0.3, 0.4) is 0 Å². The van der Waals surface area contributed by atoms with Crippen molar-refractivity contribution in [1.29, 1.82) is 0 Å². The van der Waals surface area contributed by atoms with Crippen molar-refractivity contribution in [2.75, 3.05) is 6.61 Å². The lowest BCUT2D eigenvalue weighted by atomic mass is 9.78. The van der Waals surface area contributed by atoms with Crippen LogP contribution in [0.25, 0.3) is 0 Å². The number of hydrogen-bond acceptors (Lipinski definition) is 2. The van der Waals surface area contributed by atoms with Gasteiger partial charge >= 0.3 is 0 Å². The van der Waals surface area contributed by atoms with Gasteiger partial charge in [-0.05, 0) is 30.5 Å². The van der Waals surface area contributed by atoms with Gasteiger partial charge in [-0.15, -0.1) is 0 Å². The maximum Gasteiger partial charge on any atom is 0.125 e. The largest absolute Gasteiger partial charge is 0.493 e. The molecule has 0 spiro atoms. The average Bonchev–Trinajstić information content (AvgIpc) is 2.40. The van der Waals surface area contributed by atoms with Crippen LogP contribution >= 0.6 is 0 Å². The maximum atomic E-state index is 9.72. The van der Waals surface area contributed by atoms with E-state index in [4.69, 9.17) is 4.74 Å². The lowest BCUT2D eigenvalue weighted by Crippen LogP contribution is -2.23. The SMILES string of the molecule is CC(O)c1ccccc1OCC1Cc2ccccc21. The molecule has 2 aromatic carbocycles. The Morgan fingerprint density at radius 1 is 1.16 bits per heavy atom. The first-order valence-corrected chi connectivity index (χ1v) is 6.73. The van der Waals surface area contributed by atoms with Crippen LogP contribution < -0.4 is 4.74 Å². The van der Waals surface area contributed by atoms with Gasteiger partial charge < -0.3 is 9.84 Å². The number of fused-ring (bicyclic) bond motifs is 1. The molecule has 2 aromatic rings. The predicted molar refractivity (Wildman–Crippen MR) is 75.5 cm³/mol. The van der Waals surface area contributed by atoms with Crippen molar-refractivity contribution in [2.45, 2.75) is 25.4 Å². The summed E-state index contributed by atoms with van der Waals surface area (Å²) in [6, 6.07) is 16.2. The lowest BCUT2D eigenvalue weighted by molar-refractivity contribution is 0.188. The molecular formula is C17H18O2. The summed E-state index contributed by atoms with van der Waals surface area (Å²) in [5, 5.41) is 9.72.